The Bertz CT molecular complexity index is 1520. The summed E-state index contributed by atoms with van der Waals surface area (Å²) in [7, 11) is 1.55. The van der Waals surface area contributed by atoms with Crippen LogP contribution in [-0.4, -0.2) is 28.7 Å². The summed E-state index contributed by atoms with van der Waals surface area (Å²) in [6.45, 7) is 1.94. The second-order valence-electron chi connectivity index (χ2n) is 7.85. The fourth-order valence-corrected chi connectivity index (χ4v) is 4.82. The first-order chi connectivity index (χ1) is 17.0. The second-order valence-corrected chi connectivity index (χ2v) is 8.88. The van der Waals surface area contributed by atoms with Crippen molar-refractivity contribution in [3.63, 3.8) is 0 Å². The van der Waals surface area contributed by atoms with Crippen LogP contribution in [0.4, 0.5) is 11.4 Å². The summed E-state index contributed by atoms with van der Waals surface area (Å²) in [5, 5.41) is 11.3. The molecular weight excluding hydrogens is 460 g/mol. The maximum Gasteiger partial charge on any atom is 0.265 e. The summed E-state index contributed by atoms with van der Waals surface area (Å²) < 4.78 is 7.14. The first kappa shape index (κ1) is 22.4. The lowest BCUT2D eigenvalue weighted by Gasteiger charge is -2.10. The zero-order valence-electron chi connectivity index (χ0n) is 19.1. The molecule has 0 fully saturated rings. The molecule has 35 heavy (non-hydrogen) atoms. The molecule has 5 rings (SSSR count). The minimum atomic E-state index is -0.266. The van der Waals surface area contributed by atoms with Gasteiger partial charge in [-0.05, 0) is 61.5 Å². The molecule has 7 nitrogen and oxygen atoms in total. The van der Waals surface area contributed by atoms with E-state index in [4.69, 9.17) is 4.74 Å². The van der Waals surface area contributed by atoms with Crippen molar-refractivity contribution >= 4 is 44.7 Å². The summed E-state index contributed by atoms with van der Waals surface area (Å²) in [4.78, 5) is 27.1. The third-order valence-corrected chi connectivity index (χ3v) is 6.64. The summed E-state index contributed by atoms with van der Waals surface area (Å²) >= 11 is 1.39. The molecule has 0 radical (unpaired) electrons. The van der Waals surface area contributed by atoms with E-state index in [9.17, 15) is 9.59 Å². The van der Waals surface area contributed by atoms with E-state index in [1.165, 1.54) is 11.3 Å². The molecule has 0 saturated carbocycles. The SMILES string of the molecule is COc1ccccc1NC(=O)c1ccc(NC(=O)c2cc3c(C)nn(-c4ccccc4)c3s2)cc1. The van der Waals surface area contributed by atoms with Gasteiger partial charge >= 0.3 is 0 Å². The van der Waals surface area contributed by atoms with Gasteiger partial charge in [0.05, 0.1) is 29.1 Å². The Kier molecular flexibility index (Phi) is 6.03. The molecular formula is C27H22N4O3S. The largest absolute Gasteiger partial charge is 0.495 e. The van der Waals surface area contributed by atoms with Gasteiger partial charge in [0, 0.05) is 16.6 Å². The van der Waals surface area contributed by atoms with Gasteiger partial charge in [-0.2, -0.15) is 5.10 Å². The number of carbonyl (C=O) groups excluding carboxylic acids is 2. The number of thiophene rings is 1. The summed E-state index contributed by atoms with van der Waals surface area (Å²) in [5.41, 5.74) is 3.47. The molecule has 5 aromatic rings. The van der Waals surface area contributed by atoms with E-state index in [-0.39, 0.29) is 11.8 Å². The van der Waals surface area contributed by atoms with Crippen LogP contribution in [0.5, 0.6) is 5.75 Å². The Morgan fingerprint density at radius 2 is 1.60 bits per heavy atom. The van der Waals surface area contributed by atoms with Gasteiger partial charge in [0.25, 0.3) is 11.8 Å². The van der Waals surface area contributed by atoms with E-state index in [2.05, 4.69) is 15.7 Å². The van der Waals surface area contributed by atoms with Crippen molar-refractivity contribution in [1.29, 1.82) is 0 Å². The number of nitrogens with zero attached hydrogens (tertiary/aromatic N) is 2. The quantitative estimate of drug-likeness (QED) is 0.315. The number of fused-ring (bicyclic) bond motifs is 1. The topological polar surface area (TPSA) is 85.2 Å². The molecule has 0 aliphatic rings. The molecule has 3 aromatic carbocycles. The number of anilines is 2. The van der Waals surface area contributed by atoms with Crippen molar-refractivity contribution in [1.82, 2.24) is 9.78 Å². The predicted molar refractivity (Wildman–Crippen MR) is 139 cm³/mol. The number of benzene rings is 3. The van der Waals surface area contributed by atoms with E-state index in [1.807, 2.05) is 60.1 Å². The van der Waals surface area contributed by atoms with Crippen molar-refractivity contribution in [3.8, 4) is 11.4 Å². The van der Waals surface area contributed by atoms with Crippen LogP contribution in [0.1, 0.15) is 25.7 Å². The first-order valence-corrected chi connectivity index (χ1v) is 11.8. The molecule has 0 bridgehead atoms. The molecule has 2 amide bonds. The van der Waals surface area contributed by atoms with Crippen LogP contribution >= 0.6 is 11.3 Å². The van der Waals surface area contributed by atoms with Crippen LogP contribution in [0, 0.1) is 6.92 Å². The summed E-state index contributed by atoms with van der Waals surface area (Å²) in [6, 6.07) is 25.7. The average molecular weight is 483 g/mol. The highest BCUT2D eigenvalue weighted by Gasteiger charge is 2.17. The number of nitrogens with one attached hydrogen (secondary N) is 2. The molecule has 0 saturated heterocycles. The number of aryl methyl sites for hydroxylation is 1. The van der Waals surface area contributed by atoms with E-state index in [0.717, 1.165) is 21.6 Å². The Morgan fingerprint density at radius 3 is 2.34 bits per heavy atom. The number of carbonyl (C=O) groups is 2. The number of para-hydroxylation sites is 3. The fraction of sp³-hybridized carbons (Fsp3) is 0.0741. The minimum Gasteiger partial charge on any atom is -0.495 e. The molecule has 0 spiro atoms. The van der Waals surface area contributed by atoms with Gasteiger partial charge in [-0.15, -0.1) is 11.3 Å². The molecule has 0 aliphatic heterocycles. The van der Waals surface area contributed by atoms with Gasteiger partial charge in [0.1, 0.15) is 10.6 Å². The van der Waals surface area contributed by atoms with Crippen molar-refractivity contribution in [2.75, 3.05) is 17.7 Å². The van der Waals surface area contributed by atoms with Gasteiger partial charge in [-0.25, -0.2) is 4.68 Å². The van der Waals surface area contributed by atoms with Crippen LogP contribution in [0.3, 0.4) is 0 Å². The van der Waals surface area contributed by atoms with Gasteiger partial charge in [0.2, 0.25) is 0 Å². The van der Waals surface area contributed by atoms with Crippen LogP contribution in [-0.2, 0) is 0 Å². The smallest absolute Gasteiger partial charge is 0.265 e. The van der Waals surface area contributed by atoms with E-state index in [1.54, 1.807) is 43.5 Å². The number of methoxy groups -OCH3 is 1. The zero-order chi connectivity index (χ0) is 24.4. The van der Waals surface area contributed by atoms with Crippen LogP contribution in [0.25, 0.3) is 15.9 Å². The van der Waals surface area contributed by atoms with Crippen LogP contribution in [0.15, 0.2) is 84.9 Å². The normalized spacial score (nSPS) is 10.8. The van der Waals surface area contributed by atoms with Crippen molar-refractivity contribution in [3.05, 3.63) is 101 Å². The van der Waals surface area contributed by atoms with Gasteiger partial charge < -0.3 is 15.4 Å². The zero-order valence-corrected chi connectivity index (χ0v) is 19.9. The first-order valence-electron chi connectivity index (χ1n) is 10.9. The van der Waals surface area contributed by atoms with Crippen molar-refractivity contribution < 1.29 is 14.3 Å². The Hall–Kier alpha value is -4.43. The van der Waals surface area contributed by atoms with Gasteiger partial charge in [0.15, 0.2) is 0 Å². The monoisotopic (exact) mass is 482 g/mol. The molecule has 8 heteroatoms. The standard InChI is InChI=1S/C27H22N4O3S/c1-17-21-16-24(35-27(21)31(30-17)20-8-4-3-5-9-20)26(33)28-19-14-12-18(13-15-19)25(32)29-22-10-6-7-11-23(22)34-2/h3-16H,1-2H3,(H,28,33)(H,29,32). The van der Waals surface area contributed by atoms with Crippen molar-refractivity contribution in [2.45, 2.75) is 6.92 Å². The molecule has 0 atom stereocenters. The minimum absolute atomic E-state index is 0.212. The Labute approximate surface area is 206 Å². The highest BCUT2D eigenvalue weighted by Crippen LogP contribution is 2.31. The lowest BCUT2D eigenvalue weighted by Crippen LogP contribution is -2.13. The molecule has 0 unspecified atom stereocenters. The number of ether oxygens (including phenoxy) is 1. The van der Waals surface area contributed by atoms with Crippen LogP contribution in [0.2, 0.25) is 0 Å². The molecule has 2 heterocycles. The summed E-state index contributed by atoms with van der Waals surface area (Å²) in [6.07, 6.45) is 0. The second kappa shape index (κ2) is 9.44. The van der Waals surface area contributed by atoms with E-state index < -0.39 is 0 Å². The molecule has 174 valence electrons. The third kappa shape index (κ3) is 4.51. The number of aromatic nitrogens is 2. The molecule has 2 aromatic heterocycles. The Balaban J connectivity index is 1.31. The maximum atomic E-state index is 12.9. The highest BCUT2D eigenvalue weighted by atomic mass is 32.1. The molecule has 2 N–H and O–H groups in total. The predicted octanol–water partition coefficient (Wildman–Crippen LogP) is 5.91. The highest BCUT2D eigenvalue weighted by molar-refractivity contribution is 7.20. The Morgan fingerprint density at radius 1 is 0.886 bits per heavy atom. The maximum absolute atomic E-state index is 12.9. The fourth-order valence-electron chi connectivity index (χ4n) is 3.74. The number of hydrogen-bond donors (Lipinski definition) is 2. The third-order valence-electron chi connectivity index (χ3n) is 5.53. The van der Waals surface area contributed by atoms with E-state index >= 15 is 0 Å². The lowest BCUT2D eigenvalue weighted by molar-refractivity contribution is 0.102. The summed E-state index contributed by atoms with van der Waals surface area (Å²) in [5.74, 6) is 0.105. The molecule has 0 aliphatic carbocycles. The number of amides is 2. The lowest BCUT2D eigenvalue weighted by atomic mass is 10.2. The van der Waals surface area contributed by atoms with Gasteiger partial charge in [-0.1, -0.05) is 30.3 Å². The van der Waals surface area contributed by atoms with Crippen molar-refractivity contribution in [2.24, 2.45) is 0 Å². The number of rotatable bonds is 6. The van der Waals surface area contributed by atoms with Gasteiger partial charge in [-0.3, -0.25) is 9.59 Å². The number of hydrogen-bond acceptors (Lipinski definition) is 5. The average Bonchev–Trinajstić information content (AvgIpc) is 3.46. The van der Waals surface area contributed by atoms with Crippen LogP contribution < -0.4 is 15.4 Å². The van der Waals surface area contributed by atoms with E-state index in [0.29, 0.717) is 27.6 Å².